The first-order chi connectivity index (χ1) is 10.1. The molecule has 7 heteroatoms. The Balaban J connectivity index is 2.73. The third-order valence-corrected chi connectivity index (χ3v) is 3.19. The van der Waals surface area contributed by atoms with E-state index in [1.54, 1.807) is 20.8 Å². The monoisotopic (exact) mass is 329 g/mol. The molecule has 0 saturated carbocycles. The molecule has 1 unspecified atom stereocenters. The normalized spacial score (nSPS) is 13.5. The molecule has 0 aliphatic carbocycles. The second kappa shape index (κ2) is 7.60. The van der Waals surface area contributed by atoms with E-state index in [4.69, 9.17) is 8.92 Å². The van der Waals surface area contributed by atoms with Gasteiger partial charge in [-0.3, -0.25) is 4.18 Å². The summed E-state index contributed by atoms with van der Waals surface area (Å²) in [5.41, 5.74) is 0.250. The highest BCUT2D eigenvalue weighted by Gasteiger charge is 2.20. The molecular formula is C15H23NO5S. The fraction of sp³-hybridized carbons (Fsp3) is 0.533. The van der Waals surface area contributed by atoms with Gasteiger partial charge < -0.3 is 10.1 Å². The third-order valence-electron chi connectivity index (χ3n) is 2.60. The summed E-state index contributed by atoms with van der Waals surface area (Å²) < 4.78 is 32.0. The van der Waals surface area contributed by atoms with Crippen LogP contribution in [0.2, 0.25) is 0 Å². The lowest BCUT2D eigenvalue weighted by atomic mass is 10.0. The number of hydrogen-bond acceptors (Lipinski definition) is 5. The summed E-state index contributed by atoms with van der Waals surface area (Å²) in [6.45, 7) is 5.30. The maximum atomic E-state index is 11.9. The lowest BCUT2D eigenvalue weighted by molar-refractivity contribution is 0.0498. The number of benzene rings is 1. The van der Waals surface area contributed by atoms with E-state index in [9.17, 15) is 13.2 Å². The van der Waals surface area contributed by atoms with Crippen LogP contribution in [0.1, 0.15) is 38.8 Å². The average molecular weight is 329 g/mol. The molecule has 0 spiro atoms. The Labute approximate surface area is 131 Å². The van der Waals surface area contributed by atoms with Crippen LogP contribution >= 0.6 is 0 Å². The summed E-state index contributed by atoms with van der Waals surface area (Å²) in [6.07, 6.45) is 0.753. The van der Waals surface area contributed by atoms with E-state index in [1.807, 2.05) is 30.3 Å². The minimum atomic E-state index is -3.50. The van der Waals surface area contributed by atoms with Crippen molar-refractivity contribution in [1.82, 2.24) is 5.32 Å². The van der Waals surface area contributed by atoms with Crippen molar-refractivity contribution in [1.29, 1.82) is 0 Å². The largest absolute Gasteiger partial charge is 0.444 e. The first kappa shape index (κ1) is 18.4. The third kappa shape index (κ3) is 7.99. The first-order valence-corrected chi connectivity index (χ1v) is 8.77. The molecule has 1 amide bonds. The lowest BCUT2D eigenvalue weighted by Crippen LogP contribution is -2.35. The first-order valence-electron chi connectivity index (χ1n) is 6.96. The van der Waals surface area contributed by atoms with E-state index in [1.165, 1.54) is 0 Å². The summed E-state index contributed by atoms with van der Waals surface area (Å²) in [4.78, 5) is 11.9. The molecule has 0 heterocycles. The Bertz CT molecular complexity index is 578. The molecule has 0 aromatic heterocycles. The maximum absolute atomic E-state index is 11.9. The lowest BCUT2D eigenvalue weighted by Gasteiger charge is -2.24. The van der Waals surface area contributed by atoms with Crippen molar-refractivity contribution in [3.05, 3.63) is 35.9 Å². The van der Waals surface area contributed by atoms with Crippen molar-refractivity contribution in [3.63, 3.8) is 0 Å². The zero-order valence-electron chi connectivity index (χ0n) is 13.3. The second-order valence-electron chi connectivity index (χ2n) is 5.92. The number of rotatable bonds is 6. The van der Waals surface area contributed by atoms with Crippen LogP contribution in [0.15, 0.2) is 30.3 Å². The van der Waals surface area contributed by atoms with E-state index < -0.39 is 27.9 Å². The minimum Gasteiger partial charge on any atom is -0.444 e. The Morgan fingerprint density at radius 2 is 1.82 bits per heavy atom. The van der Waals surface area contributed by atoms with Gasteiger partial charge in [-0.25, -0.2) is 4.79 Å². The number of nitrogens with one attached hydrogen (secondary N) is 1. The van der Waals surface area contributed by atoms with Crippen molar-refractivity contribution in [2.24, 2.45) is 0 Å². The summed E-state index contributed by atoms with van der Waals surface area (Å²) in [6, 6.07) is 8.86. The number of hydrogen-bond donors (Lipinski definition) is 1. The standard InChI is InChI=1S/C15H23NO5S/c1-15(2,3)21-14(17)16-13(10-11-20-22(4,18)19)12-8-6-5-7-9-12/h5-9,13H,10-11H2,1-4H3,(H,16,17). The van der Waals surface area contributed by atoms with Gasteiger partial charge in [-0.05, 0) is 32.8 Å². The molecule has 124 valence electrons. The molecule has 0 bridgehead atoms. The average Bonchev–Trinajstić information content (AvgIpc) is 2.35. The molecule has 1 rings (SSSR count). The molecule has 1 aromatic rings. The van der Waals surface area contributed by atoms with Crippen LogP contribution in [0.25, 0.3) is 0 Å². The molecule has 0 radical (unpaired) electrons. The molecular weight excluding hydrogens is 306 g/mol. The molecule has 1 atom stereocenters. The van der Waals surface area contributed by atoms with Gasteiger partial charge in [0.05, 0.1) is 18.9 Å². The Morgan fingerprint density at radius 3 is 2.32 bits per heavy atom. The molecule has 1 aromatic carbocycles. The summed E-state index contributed by atoms with van der Waals surface area (Å²) in [5, 5.41) is 2.74. The van der Waals surface area contributed by atoms with E-state index >= 15 is 0 Å². The van der Waals surface area contributed by atoms with E-state index in [-0.39, 0.29) is 6.61 Å². The SMILES string of the molecule is CC(C)(C)OC(=O)NC(CCOS(C)(=O)=O)c1ccccc1. The van der Waals surface area contributed by atoms with Crippen molar-refractivity contribution < 1.29 is 22.1 Å². The van der Waals surface area contributed by atoms with E-state index in [2.05, 4.69) is 5.32 Å². The van der Waals surface area contributed by atoms with Crippen molar-refractivity contribution in [2.45, 2.75) is 38.8 Å². The molecule has 0 fully saturated rings. The Hall–Kier alpha value is -1.60. The molecule has 0 aliphatic heterocycles. The molecule has 0 aliphatic rings. The van der Waals surface area contributed by atoms with Crippen LogP contribution in [-0.2, 0) is 19.0 Å². The Kier molecular flexibility index (Phi) is 6.37. The van der Waals surface area contributed by atoms with Crippen LogP contribution in [0.5, 0.6) is 0 Å². The van der Waals surface area contributed by atoms with Crippen molar-refractivity contribution in [3.8, 4) is 0 Å². The smallest absolute Gasteiger partial charge is 0.408 e. The highest BCUT2D eigenvalue weighted by atomic mass is 32.2. The zero-order valence-corrected chi connectivity index (χ0v) is 14.1. The summed E-state index contributed by atoms with van der Waals surface area (Å²) in [7, 11) is -3.50. The van der Waals surface area contributed by atoms with Gasteiger partial charge in [-0.15, -0.1) is 0 Å². The minimum absolute atomic E-state index is 0.0197. The maximum Gasteiger partial charge on any atom is 0.408 e. The summed E-state index contributed by atoms with van der Waals surface area (Å²) in [5.74, 6) is 0. The molecule has 1 N–H and O–H groups in total. The van der Waals surface area contributed by atoms with Crippen LogP contribution in [0.4, 0.5) is 4.79 Å². The Morgan fingerprint density at radius 1 is 1.23 bits per heavy atom. The number of amides is 1. The highest BCUT2D eigenvalue weighted by molar-refractivity contribution is 7.85. The van der Waals surface area contributed by atoms with E-state index in [0.29, 0.717) is 6.42 Å². The van der Waals surface area contributed by atoms with Gasteiger partial charge in [-0.1, -0.05) is 30.3 Å². The quantitative estimate of drug-likeness (QED) is 0.811. The molecule has 0 saturated heterocycles. The van der Waals surface area contributed by atoms with Crippen molar-refractivity contribution >= 4 is 16.2 Å². The topological polar surface area (TPSA) is 81.7 Å². The van der Waals surface area contributed by atoms with Crippen LogP contribution in [-0.4, -0.2) is 33.0 Å². The van der Waals surface area contributed by atoms with Gasteiger partial charge in [0, 0.05) is 0 Å². The van der Waals surface area contributed by atoms with Gasteiger partial charge >= 0.3 is 6.09 Å². The van der Waals surface area contributed by atoms with Gasteiger partial charge in [0.2, 0.25) is 0 Å². The van der Waals surface area contributed by atoms with Gasteiger partial charge in [-0.2, -0.15) is 8.42 Å². The summed E-state index contributed by atoms with van der Waals surface area (Å²) >= 11 is 0. The number of ether oxygens (including phenoxy) is 1. The van der Waals surface area contributed by atoms with Crippen LogP contribution in [0.3, 0.4) is 0 Å². The molecule has 22 heavy (non-hydrogen) atoms. The number of alkyl carbamates (subject to hydrolysis) is 1. The van der Waals surface area contributed by atoms with E-state index in [0.717, 1.165) is 11.8 Å². The number of carbonyl (C=O) groups excluding carboxylic acids is 1. The predicted octanol–water partition coefficient (Wildman–Crippen LogP) is 2.62. The van der Waals surface area contributed by atoms with Crippen LogP contribution < -0.4 is 5.32 Å². The molecule has 6 nitrogen and oxygen atoms in total. The zero-order chi connectivity index (χ0) is 16.8. The fourth-order valence-electron chi connectivity index (χ4n) is 1.77. The fourth-order valence-corrected chi connectivity index (χ4v) is 2.17. The highest BCUT2D eigenvalue weighted by Crippen LogP contribution is 2.18. The van der Waals surface area contributed by atoms with Crippen LogP contribution in [0, 0.1) is 0 Å². The predicted molar refractivity (Wildman–Crippen MR) is 84.0 cm³/mol. The van der Waals surface area contributed by atoms with Gasteiger partial charge in [0.25, 0.3) is 10.1 Å². The number of carbonyl (C=O) groups is 1. The van der Waals surface area contributed by atoms with Gasteiger partial charge in [0.15, 0.2) is 0 Å². The van der Waals surface area contributed by atoms with Crippen molar-refractivity contribution in [2.75, 3.05) is 12.9 Å². The second-order valence-corrected chi connectivity index (χ2v) is 7.57. The van der Waals surface area contributed by atoms with Gasteiger partial charge in [0.1, 0.15) is 5.60 Å².